The van der Waals surface area contributed by atoms with Crippen LogP contribution in [-0.2, 0) is 13.7 Å². The lowest BCUT2D eigenvalue weighted by atomic mass is 9.79. The standard InChI is InChI=1S/C23H30N6OS/c1-22(2)10-15(11-23(3,4)27-22)28(5)21-25-18-13-30-19-9-14(17-12-24-29(6)26-17)7-8-16(19)20(18)31-21/h7-9,12,15,27H,10-11,13H2,1-6H3. The molecule has 5 rings (SSSR count). The lowest BCUT2D eigenvalue weighted by Crippen LogP contribution is -2.61. The number of benzene rings is 1. The molecule has 1 N–H and O–H groups in total. The van der Waals surface area contributed by atoms with Crippen LogP contribution in [0, 0.1) is 0 Å². The summed E-state index contributed by atoms with van der Waals surface area (Å²) < 4.78 is 6.08. The fraction of sp³-hybridized carbons (Fsp3) is 0.522. The average molecular weight is 439 g/mol. The first-order valence-corrected chi connectivity index (χ1v) is 11.6. The highest BCUT2D eigenvalue weighted by atomic mass is 32.1. The highest BCUT2D eigenvalue weighted by Crippen LogP contribution is 2.45. The first-order valence-electron chi connectivity index (χ1n) is 10.8. The van der Waals surface area contributed by atoms with Crippen molar-refractivity contribution in [2.24, 2.45) is 7.05 Å². The number of rotatable bonds is 3. The van der Waals surface area contributed by atoms with Gasteiger partial charge in [0.25, 0.3) is 0 Å². The molecule has 7 nitrogen and oxygen atoms in total. The minimum atomic E-state index is 0.101. The van der Waals surface area contributed by atoms with Crippen molar-refractivity contribution in [3.63, 3.8) is 0 Å². The molecular weight excluding hydrogens is 408 g/mol. The van der Waals surface area contributed by atoms with Crippen molar-refractivity contribution in [1.29, 1.82) is 0 Å². The fourth-order valence-corrected chi connectivity index (χ4v) is 6.24. The van der Waals surface area contributed by atoms with Gasteiger partial charge in [0, 0.05) is 42.3 Å². The van der Waals surface area contributed by atoms with Crippen molar-refractivity contribution in [3.05, 3.63) is 30.1 Å². The third kappa shape index (κ3) is 3.83. The quantitative estimate of drug-likeness (QED) is 0.660. The van der Waals surface area contributed by atoms with E-state index < -0.39 is 0 Å². The Balaban J connectivity index is 1.44. The predicted octanol–water partition coefficient (Wildman–Crippen LogP) is 4.24. The molecule has 0 amide bonds. The van der Waals surface area contributed by atoms with Gasteiger partial charge in [-0.2, -0.15) is 15.0 Å². The first-order chi connectivity index (χ1) is 14.6. The monoisotopic (exact) mass is 438 g/mol. The Kier molecular flexibility index (Phi) is 4.64. The van der Waals surface area contributed by atoms with Gasteiger partial charge in [-0.15, -0.1) is 0 Å². The molecule has 164 valence electrons. The summed E-state index contributed by atoms with van der Waals surface area (Å²) in [7, 11) is 4.01. The molecule has 2 aromatic heterocycles. The summed E-state index contributed by atoms with van der Waals surface area (Å²) in [5, 5.41) is 13.4. The molecule has 1 saturated heterocycles. The number of fused-ring (bicyclic) bond motifs is 3. The van der Waals surface area contributed by atoms with Crippen molar-refractivity contribution >= 4 is 16.5 Å². The zero-order chi connectivity index (χ0) is 22.0. The molecule has 1 fully saturated rings. The number of piperidine rings is 1. The normalized spacial score (nSPS) is 19.4. The molecule has 3 aromatic rings. The highest BCUT2D eigenvalue weighted by molar-refractivity contribution is 7.19. The molecule has 31 heavy (non-hydrogen) atoms. The van der Waals surface area contributed by atoms with Gasteiger partial charge in [-0.3, -0.25) is 0 Å². The van der Waals surface area contributed by atoms with Crippen LogP contribution in [0.1, 0.15) is 46.2 Å². The number of anilines is 1. The Morgan fingerprint density at radius 3 is 2.61 bits per heavy atom. The maximum atomic E-state index is 6.08. The third-order valence-electron chi connectivity index (χ3n) is 6.19. The maximum Gasteiger partial charge on any atom is 0.186 e. The van der Waals surface area contributed by atoms with Gasteiger partial charge in [-0.1, -0.05) is 17.4 Å². The minimum absolute atomic E-state index is 0.101. The van der Waals surface area contributed by atoms with E-state index in [9.17, 15) is 0 Å². The Labute approximate surface area is 187 Å². The zero-order valence-electron chi connectivity index (χ0n) is 19.1. The lowest BCUT2D eigenvalue weighted by molar-refractivity contribution is 0.161. The molecule has 0 bridgehead atoms. The van der Waals surface area contributed by atoms with Crippen molar-refractivity contribution in [2.45, 2.75) is 64.3 Å². The SMILES string of the molecule is CN(c1nc2c(s1)-c1ccc(-c3cnn(C)n3)cc1OC2)C1CC(C)(C)NC(C)(C)C1. The fourth-order valence-electron chi connectivity index (χ4n) is 5.11. The van der Waals surface area contributed by atoms with Crippen molar-refractivity contribution in [3.8, 4) is 27.4 Å². The van der Waals surface area contributed by atoms with Crippen LogP contribution in [0.25, 0.3) is 21.7 Å². The number of hydrogen-bond acceptors (Lipinski definition) is 7. The van der Waals surface area contributed by atoms with Crippen LogP contribution < -0.4 is 15.0 Å². The van der Waals surface area contributed by atoms with Crippen molar-refractivity contribution < 1.29 is 4.74 Å². The van der Waals surface area contributed by atoms with Gasteiger partial charge in [0.05, 0.1) is 16.8 Å². The minimum Gasteiger partial charge on any atom is -0.487 e. The second-order valence-electron chi connectivity index (χ2n) is 10.1. The van der Waals surface area contributed by atoms with Crippen LogP contribution in [-0.4, -0.2) is 44.1 Å². The van der Waals surface area contributed by atoms with Gasteiger partial charge >= 0.3 is 0 Å². The molecule has 0 radical (unpaired) electrons. The van der Waals surface area contributed by atoms with Crippen LogP contribution in [0.4, 0.5) is 5.13 Å². The van der Waals surface area contributed by atoms with Crippen LogP contribution in [0.2, 0.25) is 0 Å². The number of aryl methyl sites for hydroxylation is 1. The van der Waals surface area contributed by atoms with Gasteiger partial charge in [0.2, 0.25) is 0 Å². The van der Waals surface area contributed by atoms with Gasteiger partial charge in [0.15, 0.2) is 5.13 Å². The van der Waals surface area contributed by atoms with Gasteiger partial charge in [-0.25, -0.2) is 4.98 Å². The van der Waals surface area contributed by atoms with E-state index in [1.54, 1.807) is 22.3 Å². The Morgan fingerprint density at radius 1 is 1.19 bits per heavy atom. The first kappa shape index (κ1) is 20.5. The molecular formula is C23H30N6OS. The summed E-state index contributed by atoms with van der Waals surface area (Å²) in [5.41, 5.74) is 4.20. The summed E-state index contributed by atoms with van der Waals surface area (Å²) in [6.07, 6.45) is 3.95. The van der Waals surface area contributed by atoms with E-state index >= 15 is 0 Å². The molecule has 2 aliphatic heterocycles. The third-order valence-corrected chi connectivity index (χ3v) is 7.41. The van der Waals surface area contributed by atoms with E-state index in [2.05, 4.69) is 73.4 Å². The summed E-state index contributed by atoms with van der Waals surface area (Å²) >= 11 is 1.77. The average Bonchev–Trinajstić information content (AvgIpc) is 3.30. The lowest BCUT2D eigenvalue weighted by Gasteiger charge is -2.48. The van der Waals surface area contributed by atoms with Gasteiger partial charge < -0.3 is 15.0 Å². The molecule has 0 unspecified atom stereocenters. The van der Waals surface area contributed by atoms with E-state index in [1.807, 2.05) is 7.05 Å². The molecule has 0 aliphatic carbocycles. The van der Waals surface area contributed by atoms with E-state index in [-0.39, 0.29) is 11.1 Å². The summed E-state index contributed by atoms with van der Waals surface area (Å²) in [6.45, 7) is 9.67. The van der Waals surface area contributed by atoms with Crippen LogP contribution in [0.3, 0.4) is 0 Å². The molecule has 4 heterocycles. The van der Waals surface area contributed by atoms with Crippen molar-refractivity contribution in [2.75, 3.05) is 11.9 Å². The summed E-state index contributed by atoms with van der Waals surface area (Å²) in [5.74, 6) is 0.887. The Hall–Kier alpha value is -2.45. The largest absolute Gasteiger partial charge is 0.487 e. The Bertz CT molecular complexity index is 1120. The zero-order valence-corrected chi connectivity index (χ0v) is 19.9. The van der Waals surface area contributed by atoms with Crippen LogP contribution in [0.5, 0.6) is 5.75 Å². The number of hydrogen-bond donors (Lipinski definition) is 1. The number of nitrogens with zero attached hydrogens (tertiary/aromatic N) is 5. The number of aromatic nitrogens is 4. The summed E-state index contributed by atoms with van der Waals surface area (Å²) in [6, 6.07) is 6.71. The van der Waals surface area contributed by atoms with Crippen molar-refractivity contribution in [1.82, 2.24) is 25.3 Å². The number of ether oxygens (including phenoxy) is 1. The predicted molar refractivity (Wildman–Crippen MR) is 125 cm³/mol. The van der Waals surface area contributed by atoms with E-state index in [0.717, 1.165) is 46.2 Å². The second kappa shape index (κ2) is 7.03. The molecule has 8 heteroatoms. The van der Waals surface area contributed by atoms with Crippen LogP contribution >= 0.6 is 11.3 Å². The number of thiazole rings is 1. The topological polar surface area (TPSA) is 68.1 Å². The smallest absolute Gasteiger partial charge is 0.186 e. The number of nitrogens with one attached hydrogen (secondary N) is 1. The van der Waals surface area contributed by atoms with Crippen LogP contribution in [0.15, 0.2) is 24.4 Å². The van der Waals surface area contributed by atoms with E-state index in [4.69, 9.17) is 9.72 Å². The molecule has 0 saturated carbocycles. The van der Waals surface area contributed by atoms with Gasteiger partial charge in [-0.05, 0) is 52.7 Å². The molecule has 2 aliphatic rings. The van der Waals surface area contributed by atoms with E-state index in [0.29, 0.717) is 12.6 Å². The molecule has 0 spiro atoms. The molecule has 0 atom stereocenters. The van der Waals surface area contributed by atoms with E-state index in [1.165, 1.54) is 4.88 Å². The second-order valence-corrected chi connectivity index (χ2v) is 11.0. The Morgan fingerprint density at radius 2 is 1.94 bits per heavy atom. The van der Waals surface area contributed by atoms with Gasteiger partial charge in [0.1, 0.15) is 18.1 Å². The summed E-state index contributed by atoms with van der Waals surface area (Å²) in [4.78, 5) is 10.1. The maximum absolute atomic E-state index is 6.08. The molecule has 1 aromatic carbocycles. The highest BCUT2D eigenvalue weighted by Gasteiger charge is 2.40.